The summed E-state index contributed by atoms with van der Waals surface area (Å²) in [5, 5.41) is 0. The molecular weight excluding hydrogens is 253 g/mol. The van der Waals surface area contributed by atoms with Gasteiger partial charge in [0.2, 0.25) is 0 Å². The third kappa shape index (κ3) is 4.02. The molecule has 0 saturated heterocycles. The fraction of sp³-hybridized carbons (Fsp3) is 0.200. The van der Waals surface area contributed by atoms with Gasteiger partial charge in [-0.2, -0.15) is 13.2 Å². The van der Waals surface area contributed by atoms with Gasteiger partial charge in [-0.15, -0.1) is 0 Å². The quantitative estimate of drug-likeness (QED) is 0.800. The van der Waals surface area contributed by atoms with Crippen LogP contribution in [0.4, 0.5) is 13.2 Å². The minimum atomic E-state index is -4.28. The van der Waals surface area contributed by atoms with Crippen LogP contribution in [0.2, 0.25) is 0 Å². The van der Waals surface area contributed by atoms with Gasteiger partial charge in [-0.3, -0.25) is 0 Å². The molecule has 0 atom stereocenters. The zero-order valence-electron chi connectivity index (χ0n) is 10.2. The van der Waals surface area contributed by atoms with Crippen molar-refractivity contribution in [3.8, 4) is 5.75 Å². The molecule has 0 aliphatic carbocycles. The highest BCUT2D eigenvalue weighted by Gasteiger charge is 2.29. The number of para-hydroxylation sites is 1. The van der Waals surface area contributed by atoms with E-state index in [1.54, 1.807) is 0 Å². The molecule has 0 N–H and O–H groups in total. The molecule has 2 aromatic rings. The van der Waals surface area contributed by atoms with Gasteiger partial charge in [0.25, 0.3) is 0 Å². The number of alkyl halides is 3. The first-order valence-corrected chi connectivity index (χ1v) is 5.90. The largest absolute Gasteiger partial charge is 0.493 e. The highest BCUT2D eigenvalue weighted by atomic mass is 19.4. The fourth-order valence-electron chi connectivity index (χ4n) is 1.66. The predicted molar refractivity (Wildman–Crippen MR) is 67.1 cm³/mol. The average molecular weight is 266 g/mol. The number of rotatable bonds is 4. The van der Waals surface area contributed by atoms with Crippen LogP contribution < -0.4 is 4.74 Å². The van der Waals surface area contributed by atoms with E-state index in [-0.39, 0.29) is 0 Å². The predicted octanol–water partition coefficient (Wildman–Crippen LogP) is 4.33. The topological polar surface area (TPSA) is 9.23 Å². The minimum Gasteiger partial charge on any atom is -0.493 e. The highest BCUT2D eigenvalue weighted by Crippen LogP contribution is 2.29. The Morgan fingerprint density at radius 1 is 0.842 bits per heavy atom. The molecule has 1 nitrogen and oxygen atoms in total. The summed E-state index contributed by atoms with van der Waals surface area (Å²) in [6.45, 7) is 0.440. The van der Waals surface area contributed by atoms with Crippen LogP contribution in [0.5, 0.6) is 5.75 Å². The molecule has 0 unspecified atom stereocenters. The van der Waals surface area contributed by atoms with E-state index in [1.807, 2.05) is 30.3 Å². The zero-order chi connectivity index (χ0) is 13.7. The lowest BCUT2D eigenvalue weighted by molar-refractivity contribution is -0.137. The zero-order valence-corrected chi connectivity index (χ0v) is 10.2. The molecule has 2 rings (SSSR count). The van der Waals surface area contributed by atoms with E-state index in [9.17, 15) is 13.2 Å². The second-order valence-electron chi connectivity index (χ2n) is 4.11. The van der Waals surface area contributed by atoms with Gasteiger partial charge in [-0.25, -0.2) is 0 Å². The minimum absolute atomic E-state index is 0.440. The van der Waals surface area contributed by atoms with E-state index in [0.717, 1.165) is 23.4 Å². The number of ether oxygens (including phenoxy) is 1. The third-order valence-electron chi connectivity index (χ3n) is 2.68. The summed E-state index contributed by atoms with van der Waals surface area (Å²) in [5.41, 5.74) is 0.198. The van der Waals surface area contributed by atoms with Gasteiger partial charge in [0.05, 0.1) is 12.2 Å². The molecule has 0 bridgehead atoms. The first-order chi connectivity index (χ1) is 9.05. The Kier molecular flexibility index (Phi) is 4.10. The highest BCUT2D eigenvalue weighted by molar-refractivity contribution is 5.25. The molecule has 0 aliphatic heterocycles. The Bertz CT molecular complexity index is 503. The lowest BCUT2D eigenvalue weighted by atomic mass is 10.1. The number of benzene rings is 2. The van der Waals surface area contributed by atoms with Gasteiger partial charge in [-0.05, 0) is 29.8 Å². The molecule has 0 radical (unpaired) electrons. The molecule has 0 spiro atoms. The van der Waals surface area contributed by atoms with Crippen LogP contribution >= 0.6 is 0 Å². The molecule has 2 aromatic carbocycles. The maximum atomic E-state index is 12.4. The van der Waals surface area contributed by atoms with Crippen LogP contribution in [-0.4, -0.2) is 6.61 Å². The molecule has 0 amide bonds. The lowest BCUT2D eigenvalue weighted by Crippen LogP contribution is -2.05. The van der Waals surface area contributed by atoms with Crippen molar-refractivity contribution in [3.63, 3.8) is 0 Å². The van der Waals surface area contributed by atoms with Crippen molar-refractivity contribution in [2.75, 3.05) is 6.61 Å². The van der Waals surface area contributed by atoms with E-state index in [1.165, 1.54) is 12.1 Å². The number of halogens is 3. The lowest BCUT2D eigenvalue weighted by Gasteiger charge is -2.08. The summed E-state index contributed by atoms with van der Waals surface area (Å²) in [5.74, 6) is 0.759. The second-order valence-corrected chi connectivity index (χ2v) is 4.11. The second kappa shape index (κ2) is 5.78. The van der Waals surface area contributed by atoms with Crippen LogP contribution in [0, 0.1) is 0 Å². The molecule has 0 heterocycles. The monoisotopic (exact) mass is 266 g/mol. The summed E-state index contributed by atoms with van der Waals surface area (Å²) in [4.78, 5) is 0. The van der Waals surface area contributed by atoms with Crippen molar-refractivity contribution in [3.05, 3.63) is 65.7 Å². The Morgan fingerprint density at radius 3 is 2.05 bits per heavy atom. The summed E-state index contributed by atoms with van der Waals surface area (Å²) in [6.07, 6.45) is -3.70. The van der Waals surface area contributed by atoms with Crippen LogP contribution in [0.15, 0.2) is 54.6 Å². The standard InChI is InChI=1S/C15H13F3O/c16-15(17,18)13-8-6-12(7-9-13)10-11-19-14-4-2-1-3-5-14/h1-9H,10-11H2. The van der Waals surface area contributed by atoms with E-state index >= 15 is 0 Å². The summed E-state index contributed by atoms with van der Waals surface area (Å²) < 4.78 is 42.6. The average Bonchev–Trinajstić information content (AvgIpc) is 2.39. The molecule has 19 heavy (non-hydrogen) atoms. The normalized spacial score (nSPS) is 11.3. The van der Waals surface area contributed by atoms with Crippen molar-refractivity contribution < 1.29 is 17.9 Å². The molecular formula is C15H13F3O. The van der Waals surface area contributed by atoms with Gasteiger partial charge in [-0.1, -0.05) is 30.3 Å². The van der Waals surface area contributed by atoms with Crippen LogP contribution in [0.25, 0.3) is 0 Å². The Labute approximate surface area is 109 Å². The van der Waals surface area contributed by atoms with Gasteiger partial charge in [0.15, 0.2) is 0 Å². The van der Waals surface area contributed by atoms with E-state index in [0.29, 0.717) is 13.0 Å². The first kappa shape index (κ1) is 13.5. The Morgan fingerprint density at radius 2 is 1.47 bits per heavy atom. The molecule has 0 aromatic heterocycles. The van der Waals surface area contributed by atoms with Crippen LogP contribution in [0.1, 0.15) is 11.1 Å². The van der Waals surface area contributed by atoms with E-state index in [4.69, 9.17) is 4.74 Å². The fourth-order valence-corrected chi connectivity index (χ4v) is 1.66. The number of hydrogen-bond acceptors (Lipinski definition) is 1. The Balaban J connectivity index is 1.87. The van der Waals surface area contributed by atoms with Crippen molar-refractivity contribution in [2.24, 2.45) is 0 Å². The van der Waals surface area contributed by atoms with Gasteiger partial charge >= 0.3 is 6.18 Å². The SMILES string of the molecule is FC(F)(F)c1ccc(CCOc2ccccc2)cc1. The summed E-state index contributed by atoms with van der Waals surface area (Å²) in [6, 6.07) is 14.5. The van der Waals surface area contributed by atoms with Crippen molar-refractivity contribution in [2.45, 2.75) is 12.6 Å². The van der Waals surface area contributed by atoms with E-state index < -0.39 is 11.7 Å². The first-order valence-electron chi connectivity index (χ1n) is 5.90. The maximum absolute atomic E-state index is 12.4. The van der Waals surface area contributed by atoms with Gasteiger partial charge in [0.1, 0.15) is 5.75 Å². The van der Waals surface area contributed by atoms with Gasteiger partial charge in [0, 0.05) is 6.42 Å². The molecule has 100 valence electrons. The van der Waals surface area contributed by atoms with Crippen molar-refractivity contribution in [1.82, 2.24) is 0 Å². The third-order valence-corrected chi connectivity index (χ3v) is 2.68. The molecule has 0 fully saturated rings. The Hall–Kier alpha value is -1.97. The summed E-state index contributed by atoms with van der Waals surface area (Å²) in [7, 11) is 0. The summed E-state index contributed by atoms with van der Waals surface area (Å²) >= 11 is 0. The van der Waals surface area contributed by atoms with E-state index in [2.05, 4.69) is 0 Å². The smallest absolute Gasteiger partial charge is 0.416 e. The number of hydrogen-bond donors (Lipinski definition) is 0. The van der Waals surface area contributed by atoms with Crippen LogP contribution in [-0.2, 0) is 12.6 Å². The molecule has 0 saturated carbocycles. The van der Waals surface area contributed by atoms with Crippen LogP contribution in [0.3, 0.4) is 0 Å². The van der Waals surface area contributed by atoms with Crippen molar-refractivity contribution >= 4 is 0 Å². The van der Waals surface area contributed by atoms with Gasteiger partial charge < -0.3 is 4.74 Å². The maximum Gasteiger partial charge on any atom is 0.416 e. The molecule has 0 aliphatic rings. The molecule has 4 heteroatoms. The van der Waals surface area contributed by atoms with Crippen molar-refractivity contribution in [1.29, 1.82) is 0 Å².